The van der Waals surface area contributed by atoms with Crippen molar-refractivity contribution in [2.75, 3.05) is 5.75 Å². The number of carbonyl (C=O) groups is 1. The standard InChI is InChI=1S/C11H17N3O2S/c1-11(2,3)12-8(15)6-17-10-14-13-9(16-10)7-4-5-7/h7H,4-6H2,1-3H3,(H,12,15). The fourth-order valence-electron chi connectivity index (χ4n) is 1.36. The molecule has 1 aliphatic carbocycles. The van der Waals surface area contributed by atoms with Crippen molar-refractivity contribution in [2.45, 2.75) is 50.3 Å². The van der Waals surface area contributed by atoms with Gasteiger partial charge in [-0.3, -0.25) is 4.79 Å². The Kier molecular flexibility index (Phi) is 3.42. The van der Waals surface area contributed by atoms with Crippen molar-refractivity contribution in [1.82, 2.24) is 15.5 Å². The van der Waals surface area contributed by atoms with Gasteiger partial charge in [-0.15, -0.1) is 10.2 Å². The number of thioether (sulfide) groups is 1. The van der Waals surface area contributed by atoms with Crippen LogP contribution in [0.3, 0.4) is 0 Å². The minimum Gasteiger partial charge on any atom is -0.416 e. The molecule has 17 heavy (non-hydrogen) atoms. The molecule has 1 heterocycles. The highest BCUT2D eigenvalue weighted by Crippen LogP contribution is 2.39. The first-order valence-corrected chi connectivity index (χ1v) is 6.70. The summed E-state index contributed by atoms with van der Waals surface area (Å²) < 4.78 is 5.45. The highest BCUT2D eigenvalue weighted by molar-refractivity contribution is 7.99. The fraction of sp³-hybridized carbons (Fsp3) is 0.727. The third-order valence-corrected chi connectivity index (χ3v) is 3.01. The van der Waals surface area contributed by atoms with Crippen LogP contribution in [-0.4, -0.2) is 27.4 Å². The molecule has 1 saturated carbocycles. The van der Waals surface area contributed by atoms with E-state index in [1.165, 1.54) is 11.8 Å². The number of amides is 1. The summed E-state index contributed by atoms with van der Waals surface area (Å²) in [5.74, 6) is 1.46. The van der Waals surface area contributed by atoms with Gasteiger partial charge in [0.1, 0.15) is 0 Å². The maximum atomic E-state index is 11.6. The maximum Gasteiger partial charge on any atom is 0.277 e. The molecule has 0 radical (unpaired) electrons. The van der Waals surface area contributed by atoms with E-state index < -0.39 is 0 Å². The predicted molar refractivity (Wildman–Crippen MR) is 64.9 cm³/mol. The van der Waals surface area contributed by atoms with Crippen LogP contribution in [0.15, 0.2) is 9.64 Å². The fourth-order valence-corrected chi connectivity index (χ4v) is 1.93. The number of carbonyl (C=O) groups excluding carboxylic acids is 1. The molecule has 1 N–H and O–H groups in total. The molecule has 0 unspecified atom stereocenters. The summed E-state index contributed by atoms with van der Waals surface area (Å²) in [6.07, 6.45) is 2.27. The topological polar surface area (TPSA) is 68.0 Å². The van der Waals surface area contributed by atoms with Crippen LogP contribution in [-0.2, 0) is 4.79 Å². The van der Waals surface area contributed by atoms with Crippen LogP contribution in [0.4, 0.5) is 0 Å². The zero-order chi connectivity index (χ0) is 12.5. The summed E-state index contributed by atoms with van der Waals surface area (Å²) in [7, 11) is 0. The van der Waals surface area contributed by atoms with Crippen molar-refractivity contribution >= 4 is 17.7 Å². The van der Waals surface area contributed by atoms with Crippen molar-refractivity contribution in [2.24, 2.45) is 0 Å². The lowest BCUT2D eigenvalue weighted by Crippen LogP contribution is -2.41. The molecule has 0 spiro atoms. The van der Waals surface area contributed by atoms with E-state index >= 15 is 0 Å². The molecule has 0 bridgehead atoms. The van der Waals surface area contributed by atoms with Gasteiger partial charge in [-0.25, -0.2) is 0 Å². The second-order valence-electron chi connectivity index (χ2n) is 5.27. The van der Waals surface area contributed by atoms with Gasteiger partial charge >= 0.3 is 0 Å². The first-order valence-electron chi connectivity index (χ1n) is 5.71. The van der Waals surface area contributed by atoms with Gasteiger partial charge in [-0.2, -0.15) is 0 Å². The molecule has 1 aromatic heterocycles. The summed E-state index contributed by atoms with van der Waals surface area (Å²) in [4.78, 5) is 11.6. The van der Waals surface area contributed by atoms with Crippen LogP contribution < -0.4 is 5.32 Å². The van der Waals surface area contributed by atoms with Gasteiger partial charge < -0.3 is 9.73 Å². The van der Waals surface area contributed by atoms with Gasteiger partial charge in [-0.1, -0.05) is 11.8 Å². The van der Waals surface area contributed by atoms with Crippen molar-refractivity contribution in [1.29, 1.82) is 0 Å². The number of hydrogen-bond acceptors (Lipinski definition) is 5. The van der Waals surface area contributed by atoms with E-state index in [2.05, 4.69) is 15.5 Å². The highest BCUT2D eigenvalue weighted by atomic mass is 32.2. The lowest BCUT2D eigenvalue weighted by Gasteiger charge is -2.19. The van der Waals surface area contributed by atoms with E-state index in [1.807, 2.05) is 20.8 Å². The minimum absolute atomic E-state index is 0.0197. The quantitative estimate of drug-likeness (QED) is 0.833. The highest BCUT2D eigenvalue weighted by Gasteiger charge is 2.29. The average Bonchev–Trinajstić information content (AvgIpc) is 2.93. The average molecular weight is 255 g/mol. The Morgan fingerprint density at radius 1 is 1.47 bits per heavy atom. The van der Waals surface area contributed by atoms with Gasteiger partial charge in [0.05, 0.1) is 5.75 Å². The number of nitrogens with zero attached hydrogens (tertiary/aromatic N) is 2. The Morgan fingerprint density at radius 2 is 2.18 bits per heavy atom. The Balaban J connectivity index is 1.78. The predicted octanol–water partition coefficient (Wildman–Crippen LogP) is 1.95. The molecule has 1 aromatic rings. The second kappa shape index (κ2) is 4.68. The van der Waals surface area contributed by atoms with Crippen LogP contribution in [0.25, 0.3) is 0 Å². The second-order valence-corrected chi connectivity index (χ2v) is 6.19. The summed E-state index contributed by atoms with van der Waals surface area (Å²) in [6.45, 7) is 5.86. The number of hydrogen-bond donors (Lipinski definition) is 1. The summed E-state index contributed by atoms with van der Waals surface area (Å²) in [5, 5.41) is 11.2. The summed E-state index contributed by atoms with van der Waals surface area (Å²) in [5.41, 5.74) is -0.203. The molecule has 2 rings (SSSR count). The molecule has 0 aliphatic heterocycles. The van der Waals surface area contributed by atoms with E-state index in [-0.39, 0.29) is 11.4 Å². The van der Waals surface area contributed by atoms with Gasteiger partial charge in [0.25, 0.3) is 5.22 Å². The minimum atomic E-state index is -0.203. The van der Waals surface area contributed by atoms with Crippen molar-refractivity contribution in [3.63, 3.8) is 0 Å². The van der Waals surface area contributed by atoms with E-state index in [4.69, 9.17) is 4.42 Å². The van der Waals surface area contributed by atoms with Crippen LogP contribution in [0, 0.1) is 0 Å². The lowest BCUT2D eigenvalue weighted by atomic mass is 10.1. The van der Waals surface area contributed by atoms with Gasteiger partial charge in [0.2, 0.25) is 11.8 Å². The molecule has 1 aliphatic rings. The summed E-state index contributed by atoms with van der Waals surface area (Å²) in [6, 6.07) is 0. The number of nitrogens with one attached hydrogen (secondary N) is 1. The van der Waals surface area contributed by atoms with Crippen LogP contribution >= 0.6 is 11.8 Å². The molecule has 6 heteroatoms. The zero-order valence-corrected chi connectivity index (χ0v) is 11.1. The third-order valence-electron chi connectivity index (χ3n) is 2.19. The van der Waals surface area contributed by atoms with Crippen LogP contribution in [0.1, 0.15) is 45.4 Å². The maximum absolute atomic E-state index is 11.6. The van der Waals surface area contributed by atoms with E-state index in [0.29, 0.717) is 22.8 Å². The van der Waals surface area contributed by atoms with Crippen LogP contribution in [0.2, 0.25) is 0 Å². The molecule has 5 nitrogen and oxygen atoms in total. The Bertz CT molecular complexity index is 407. The largest absolute Gasteiger partial charge is 0.416 e. The molecule has 1 amide bonds. The molecule has 0 atom stereocenters. The van der Waals surface area contributed by atoms with Crippen molar-refractivity contribution in [3.8, 4) is 0 Å². The molecule has 94 valence electrons. The molecular weight excluding hydrogens is 238 g/mol. The van der Waals surface area contributed by atoms with Gasteiger partial charge in [0.15, 0.2) is 0 Å². The smallest absolute Gasteiger partial charge is 0.277 e. The molecule has 0 saturated heterocycles. The molecule has 0 aromatic carbocycles. The Labute approximate surface area is 105 Å². The summed E-state index contributed by atoms with van der Waals surface area (Å²) >= 11 is 1.28. The van der Waals surface area contributed by atoms with Gasteiger partial charge in [-0.05, 0) is 33.6 Å². The van der Waals surface area contributed by atoms with E-state index in [1.54, 1.807) is 0 Å². The van der Waals surface area contributed by atoms with Crippen LogP contribution in [0.5, 0.6) is 0 Å². The van der Waals surface area contributed by atoms with E-state index in [0.717, 1.165) is 12.8 Å². The van der Waals surface area contributed by atoms with Crippen molar-refractivity contribution < 1.29 is 9.21 Å². The SMILES string of the molecule is CC(C)(C)NC(=O)CSc1nnc(C2CC2)o1. The Morgan fingerprint density at radius 3 is 2.76 bits per heavy atom. The zero-order valence-electron chi connectivity index (χ0n) is 10.3. The van der Waals surface area contributed by atoms with Gasteiger partial charge in [0, 0.05) is 11.5 Å². The number of rotatable bonds is 4. The first kappa shape index (κ1) is 12.4. The monoisotopic (exact) mass is 255 g/mol. The number of aromatic nitrogens is 2. The lowest BCUT2D eigenvalue weighted by molar-refractivity contribution is -0.119. The first-order chi connectivity index (χ1) is 7.94. The molecular formula is C11H17N3O2S. The van der Waals surface area contributed by atoms with Crippen molar-refractivity contribution in [3.05, 3.63) is 5.89 Å². The third kappa shape index (κ3) is 4.03. The Hall–Kier alpha value is -1.04. The molecule has 1 fully saturated rings. The normalized spacial score (nSPS) is 15.9. The van der Waals surface area contributed by atoms with E-state index in [9.17, 15) is 4.79 Å².